The zero-order valence-electron chi connectivity index (χ0n) is 7.93. The minimum Gasteiger partial charge on any atom is -0.508 e. The van der Waals surface area contributed by atoms with Gasteiger partial charge in [0.25, 0.3) is 0 Å². The van der Waals surface area contributed by atoms with Crippen LogP contribution in [0, 0.1) is 11.3 Å². The van der Waals surface area contributed by atoms with E-state index in [9.17, 15) is 10.4 Å². The van der Waals surface area contributed by atoms with Gasteiger partial charge in [-0.15, -0.1) is 0 Å². The molecule has 0 unspecified atom stereocenters. The molecule has 0 atom stereocenters. The van der Waals surface area contributed by atoms with Crippen LogP contribution in [-0.2, 0) is 5.41 Å². The van der Waals surface area contributed by atoms with Gasteiger partial charge in [-0.2, -0.15) is 5.26 Å². The summed E-state index contributed by atoms with van der Waals surface area (Å²) in [6.45, 7) is 0. The molecule has 1 aromatic carbocycles. The Balaban J connectivity index is 2.58. The van der Waals surface area contributed by atoms with Gasteiger partial charge in [0.15, 0.2) is 0 Å². The largest absolute Gasteiger partial charge is 0.508 e. The average molecular weight is 242 g/mol. The summed E-state index contributed by atoms with van der Waals surface area (Å²) in [4.78, 5) is 0. The molecule has 0 heterocycles. The van der Waals surface area contributed by atoms with Gasteiger partial charge in [-0.3, -0.25) is 0 Å². The molecule has 0 aromatic heterocycles. The Morgan fingerprint density at radius 1 is 1.27 bits per heavy atom. The molecule has 1 aliphatic rings. The first-order chi connectivity index (χ1) is 7.09. The molecule has 1 saturated carbocycles. The summed E-state index contributed by atoms with van der Waals surface area (Å²) in [7, 11) is 0. The van der Waals surface area contributed by atoms with Crippen molar-refractivity contribution in [2.75, 3.05) is 0 Å². The first-order valence-electron chi connectivity index (χ1n) is 4.69. The summed E-state index contributed by atoms with van der Waals surface area (Å²) in [5.74, 6) is 0.0289. The van der Waals surface area contributed by atoms with E-state index in [1.165, 1.54) is 12.1 Å². The molecule has 1 aliphatic carbocycles. The number of phenols is 1. The van der Waals surface area contributed by atoms with E-state index in [0.717, 1.165) is 19.3 Å². The van der Waals surface area contributed by atoms with E-state index in [-0.39, 0.29) is 5.75 Å². The van der Waals surface area contributed by atoms with Gasteiger partial charge in [-0.1, -0.05) is 23.2 Å². The lowest BCUT2D eigenvalue weighted by Gasteiger charge is -2.36. The quantitative estimate of drug-likeness (QED) is 0.816. The van der Waals surface area contributed by atoms with Crippen molar-refractivity contribution in [2.24, 2.45) is 0 Å². The SMILES string of the molecule is N#CC1(c2c(Cl)cc(O)cc2Cl)CCC1. The van der Waals surface area contributed by atoms with Crippen LogP contribution in [0.5, 0.6) is 5.75 Å². The minimum atomic E-state index is -0.540. The molecular weight excluding hydrogens is 233 g/mol. The van der Waals surface area contributed by atoms with Crippen LogP contribution in [0.3, 0.4) is 0 Å². The van der Waals surface area contributed by atoms with Crippen molar-refractivity contribution in [1.29, 1.82) is 5.26 Å². The van der Waals surface area contributed by atoms with Gasteiger partial charge in [0.1, 0.15) is 5.75 Å². The highest BCUT2D eigenvalue weighted by Gasteiger charge is 2.42. The van der Waals surface area contributed by atoms with Crippen LogP contribution in [0.15, 0.2) is 12.1 Å². The summed E-state index contributed by atoms with van der Waals surface area (Å²) in [5.41, 5.74) is 0.124. The van der Waals surface area contributed by atoms with E-state index in [0.29, 0.717) is 15.6 Å². The van der Waals surface area contributed by atoms with E-state index < -0.39 is 5.41 Å². The van der Waals surface area contributed by atoms with Gasteiger partial charge in [-0.05, 0) is 31.4 Å². The molecule has 1 N–H and O–H groups in total. The zero-order chi connectivity index (χ0) is 11.1. The van der Waals surface area contributed by atoms with Crippen molar-refractivity contribution >= 4 is 23.2 Å². The summed E-state index contributed by atoms with van der Waals surface area (Å²) in [6.07, 6.45) is 2.59. The van der Waals surface area contributed by atoms with Gasteiger partial charge in [0.05, 0.1) is 21.5 Å². The van der Waals surface area contributed by atoms with E-state index in [1.807, 2.05) is 0 Å². The predicted molar refractivity (Wildman–Crippen MR) is 59.3 cm³/mol. The second-order valence-corrected chi connectivity index (χ2v) is 4.65. The normalized spacial score (nSPS) is 17.9. The third-order valence-corrected chi connectivity index (χ3v) is 3.52. The maximum Gasteiger partial charge on any atom is 0.118 e. The van der Waals surface area contributed by atoms with Crippen molar-refractivity contribution in [3.63, 3.8) is 0 Å². The number of nitriles is 1. The summed E-state index contributed by atoms with van der Waals surface area (Å²) < 4.78 is 0. The van der Waals surface area contributed by atoms with E-state index in [4.69, 9.17) is 23.2 Å². The minimum absolute atomic E-state index is 0.0289. The van der Waals surface area contributed by atoms with Crippen molar-refractivity contribution in [1.82, 2.24) is 0 Å². The summed E-state index contributed by atoms with van der Waals surface area (Å²) in [6, 6.07) is 5.14. The Morgan fingerprint density at radius 3 is 2.13 bits per heavy atom. The molecule has 0 spiro atoms. The van der Waals surface area contributed by atoms with Gasteiger partial charge < -0.3 is 5.11 Å². The van der Waals surface area contributed by atoms with Crippen molar-refractivity contribution < 1.29 is 5.11 Å². The van der Waals surface area contributed by atoms with Gasteiger partial charge in [-0.25, -0.2) is 0 Å². The summed E-state index contributed by atoms with van der Waals surface area (Å²) in [5, 5.41) is 19.2. The van der Waals surface area contributed by atoms with Gasteiger partial charge >= 0.3 is 0 Å². The molecule has 2 rings (SSSR count). The number of nitrogens with zero attached hydrogens (tertiary/aromatic N) is 1. The fourth-order valence-electron chi connectivity index (χ4n) is 1.96. The first-order valence-corrected chi connectivity index (χ1v) is 5.44. The van der Waals surface area contributed by atoms with Crippen LogP contribution in [0.4, 0.5) is 0 Å². The lowest BCUT2D eigenvalue weighted by molar-refractivity contribution is 0.324. The predicted octanol–water partition coefficient (Wildman–Crippen LogP) is 3.64. The maximum absolute atomic E-state index is 9.30. The van der Waals surface area contributed by atoms with Crippen LogP contribution >= 0.6 is 23.2 Å². The molecule has 0 radical (unpaired) electrons. The van der Waals surface area contributed by atoms with Crippen LogP contribution in [0.2, 0.25) is 10.0 Å². The molecule has 2 nitrogen and oxygen atoms in total. The summed E-state index contributed by atoms with van der Waals surface area (Å²) >= 11 is 12.0. The van der Waals surface area contributed by atoms with E-state index in [1.54, 1.807) is 0 Å². The Labute approximate surface area is 98.0 Å². The Bertz CT molecular complexity index is 423. The Hall–Kier alpha value is -0.910. The van der Waals surface area contributed by atoms with E-state index >= 15 is 0 Å². The molecule has 0 amide bonds. The number of aromatic hydroxyl groups is 1. The number of halogens is 2. The van der Waals surface area contributed by atoms with Crippen molar-refractivity contribution in [2.45, 2.75) is 24.7 Å². The topological polar surface area (TPSA) is 44.0 Å². The van der Waals surface area contributed by atoms with Crippen LogP contribution in [0.25, 0.3) is 0 Å². The second kappa shape index (κ2) is 3.59. The molecule has 0 saturated heterocycles. The van der Waals surface area contributed by atoms with Crippen LogP contribution in [-0.4, -0.2) is 5.11 Å². The lowest BCUT2D eigenvalue weighted by atomic mass is 9.65. The average Bonchev–Trinajstić information content (AvgIpc) is 2.07. The maximum atomic E-state index is 9.30. The lowest BCUT2D eigenvalue weighted by Crippen LogP contribution is -2.33. The zero-order valence-corrected chi connectivity index (χ0v) is 9.44. The smallest absolute Gasteiger partial charge is 0.118 e. The molecule has 1 aromatic rings. The van der Waals surface area contributed by atoms with Gasteiger partial charge in [0, 0.05) is 5.56 Å². The van der Waals surface area contributed by atoms with Crippen molar-refractivity contribution in [3.8, 4) is 11.8 Å². The number of hydrogen-bond acceptors (Lipinski definition) is 2. The molecule has 15 heavy (non-hydrogen) atoms. The fraction of sp³-hybridized carbons (Fsp3) is 0.364. The number of hydrogen-bond donors (Lipinski definition) is 1. The Kier molecular flexibility index (Phi) is 2.54. The first kappa shape index (κ1) is 10.6. The molecule has 0 aliphatic heterocycles. The second-order valence-electron chi connectivity index (χ2n) is 3.83. The Morgan fingerprint density at radius 2 is 1.80 bits per heavy atom. The highest BCUT2D eigenvalue weighted by Crippen LogP contribution is 2.49. The highest BCUT2D eigenvalue weighted by atomic mass is 35.5. The standard InChI is InChI=1S/C11H9Cl2NO/c12-8-4-7(15)5-9(13)10(8)11(6-14)2-1-3-11/h4-5,15H,1-3H2. The molecule has 78 valence electrons. The van der Waals surface area contributed by atoms with Gasteiger partial charge in [0.2, 0.25) is 0 Å². The molecular formula is C11H9Cl2NO. The number of benzene rings is 1. The monoisotopic (exact) mass is 241 g/mol. The molecule has 0 bridgehead atoms. The number of rotatable bonds is 1. The van der Waals surface area contributed by atoms with Crippen LogP contribution in [0.1, 0.15) is 24.8 Å². The highest BCUT2D eigenvalue weighted by molar-refractivity contribution is 6.36. The number of phenolic OH excluding ortho intramolecular Hbond substituents is 1. The third kappa shape index (κ3) is 1.56. The fourth-order valence-corrected chi connectivity index (χ4v) is 2.80. The van der Waals surface area contributed by atoms with Crippen molar-refractivity contribution in [3.05, 3.63) is 27.7 Å². The third-order valence-electron chi connectivity index (χ3n) is 2.93. The van der Waals surface area contributed by atoms with Crippen LogP contribution < -0.4 is 0 Å². The molecule has 1 fully saturated rings. The van der Waals surface area contributed by atoms with E-state index in [2.05, 4.69) is 6.07 Å². The molecule has 4 heteroatoms.